The topological polar surface area (TPSA) is 12.0 Å². The lowest BCUT2D eigenvalue weighted by molar-refractivity contribution is 0.255. The third kappa shape index (κ3) is 5.69. The van der Waals surface area contributed by atoms with Crippen LogP contribution in [0.2, 0.25) is 0 Å². The van der Waals surface area contributed by atoms with Crippen LogP contribution in [0.5, 0.6) is 0 Å². The lowest BCUT2D eigenvalue weighted by Gasteiger charge is -2.29. The normalized spacial score (nSPS) is 26.8. The fourth-order valence-electron chi connectivity index (χ4n) is 2.63. The maximum Gasteiger partial charge on any atom is 0.00104 e. The molecule has 1 aliphatic rings. The van der Waals surface area contributed by atoms with Gasteiger partial charge in [0.05, 0.1) is 0 Å². The molecule has 0 amide bonds. The quantitative estimate of drug-likeness (QED) is 0.667. The van der Waals surface area contributed by atoms with E-state index in [9.17, 15) is 0 Å². The first-order valence-electron chi connectivity index (χ1n) is 7.07. The lowest BCUT2D eigenvalue weighted by Crippen LogP contribution is -2.31. The number of allylic oxidation sites excluding steroid dienone is 2. The van der Waals surface area contributed by atoms with Gasteiger partial charge in [-0.05, 0) is 51.0 Å². The van der Waals surface area contributed by atoms with E-state index in [4.69, 9.17) is 0 Å². The Morgan fingerprint density at radius 3 is 2.31 bits per heavy atom. The molecule has 0 aromatic rings. The Balaban J connectivity index is 2.08. The summed E-state index contributed by atoms with van der Waals surface area (Å²) in [6.45, 7) is 7.83. The van der Waals surface area contributed by atoms with Gasteiger partial charge in [-0.15, -0.1) is 0 Å². The highest BCUT2D eigenvalue weighted by atomic mass is 14.9. The average Bonchev–Trinajstić information content (AvgIpc) is 2.28. The Bertz CT molecular complexity index is 188. The maximum absolute atomic E-state index is 3.57. The Morgan fingerprint density at radius 2 is 1.75 bits per heavy atom. The van der Waals surface area contributed by atoms with E-state index in [2.05, 4.69) is 38.2 Å². The minimum Gasteiger partial charge on any atom is -0.314 e. The van der Waals surface area contributed by atoms with E-state index in [1.807, 2.05) is 0 Å². The molecule has 94 valence electrons. The van der Waals surface area contributed by atoms with Gasteiger partial charge in [-0.1, -0.05) is 38.8 Å². The molecule has 0 heterocycles. The summed E-state index contributed by atoms with van der Waals surface area (Å²) in [5.41, 5.74) is 0. The minimum atomic E-state index is 0.646. The zero-order valence-electron chi connectivity index (χ0n) is 11.3. The van der Waals surface area contributed by atoms with E-state index in [-0.39, 0.29) is 0 Å². The van der Waals surface area contributed by atoms with Gasteiger partial charge in [0.2, 0.25) is 0 Å². The van der Waals surface area contributed by atoms with Crippen LogP contribution in [-0.4, -0.2) is 12.6 Å². The van der Waals surface area contributed by atoms with Crippen molar-refractivity contribution in [1.29, 1.82) is 0 Å². The van der Waals surface area contributed by atoms with Gasteiger partial charge >= 0.3 is 0 Å². The largest absolute Gasteiger partial charge is 0.314 e. The molecule has 1 nitrogen and oxygen atoms in total. The van der Waals surface area contributed by atoms with Gasteiger partial charge in [-0.2, -0.15) is 0 Å². The highest BCUT2D eigenvalue weighted by Gasteiger charge is 2.20. The zero-order valence-corrected chi connectivity index (χ0v) is 11.3. The molecular weight excluding hydrogens is 194 g/mol. The fraction of sp³-hybridized carbons (Fsp3) is 0.867. The summed E-state index contributed by atoms with van der Waals surface area (Å²) in [6, 6.07) is 0.646. The predicted molar refractivity (Wildman–Crippen MR) is 72.6 cm³/mol. The van der Waals surface area contributed by atoms with Gasteiger partial charge in [-0.25, -0.2) is 0 Å². The Hall–Kier alpha value is -0.300. The summed E-state index contributed by atoms with van der Waals surface area (Å²) >= 11 is 0. The molecule has 1 saturated carbocycles. The highest BCUT2D eigenvalue weighted by molar-refractivity contribution is 4.80. The first-order valence-corrected chi connectivity index (χ1v) is 7.07. The summed E-state index contributed by atoms with van der Waals surface area (Å²) in [6.07, 6.45) is 13.0. The average molecular weight is 223 g/mol. The van der Waals surface area contributed by atoms with Gasteiger partial charge in [-0.3, -0.25) is 0 Å². The van der Waals surface area contributed by atoms with Crippen molar-refractivity contribution < 1.29 is 0 Å². The molecule has 16 heavy (non-hydrogen) atoms. The third-order valence-corrected chi connectivity index (χ3v) is 3.76. The van der Waals surface area contributed by atoms with E-state index in [1.54, 1.807) is 0 Å². The van der Waals surface area contributed by atoms with Crippen molar-refractivity contribution in [3.8, 4) is 0 Å². The number of hydrogen-bond donors (Lipinski definition) is 1. The van der Waals surface area contributed by atoms with Crippen molar-refractivity contribution in [2.75, 3.05) is 6.54 Å². The summed E-state index contributed by atoms with van der Waals surface area (Å²) in [5, 5.41) is 3.57. The molecule has 1 fully saturated rings. The van der Waals surface area contributed by atoms with Crippen LogP contribution >= 0.6 is 0 Å². The van der Waals surface area contributed by atoms with Gasteiger partial charge in [0, 0.05) is 6.04 Å². The van der Waals surface area contributed by atoms with Crippen molar-refractivity contribution in [3.05, 3.63) is 12.2 Å². The number of nitrogens with one attached hydrogen (secondary N) is 1. The van der Waals surface area contributed by atoms with Gasteiger partial charge < -0.3 is 5.32 Å². The standard InChI is InChI=1S/C15H29N/c1-4-5-6-7-14-8-10-15(11-9-14)12-16-13(2)3/h4-5,13-16H,6-12H2,1-3H3. The fourth-order valence-corrected chi connectivity index (χ4v) is 2.63. The monoisotopic (exact) mass is 223 g/mol. The Kier molecular flexibility index (Phi) is 6.79. The molecule has 1 rings (SSSR count). The van der Waals surface area contributed by atoms with Crippen LogP contribution in [0.3, 0.4) is 0 Å². The summed E-state index contributed by atoms with van der Waals surface area (Å²) in [4.78, 5) is 0. The van der Waals surface area contributed by atoms with Crippen molar-refractivity contribution in [3.63, 3.8) is 0 Å². The first kappa shape index (κ1) is 13.8. The van der Waals surface area contributed by atoms with Crippen LogP contribution in [0.15, 0.2) is 12.2 Å². The van der Waals surface area contributed by atoms with E-state index >= 15 is 0 Å². The maximum atomic E-state index is 3.57. The smallest absolute Gasteiger partial charge is 0.00104 e. The molecule has 0 saturated heterocycles. The first-order chi connectivity index (χ1) is 7.72. The Morgan fingerprint density at radius 1 is 1.12 bits per heavy atom. The van der Waals surface area contributed by atoms with Crippen molar-refractivity contribution in [2.24, 2.45) is 11.8 Å². The third-order valence-electron chi connectivity index (χ3n) is 3.76. The van der Waals surface area contributed by atoms with Crippen molar-refractivity contribution in [1.82, 2.24) is 5.32 Å². The van der Waals surface area contributed by atoms with E-state index in [0.29, 0.717) is 6.04 Å². The van der Waals surface area contributed by atoms with E-state index in [1.165, 1.54) is 45.1 Å². The molecule has 1 N–H and O–H groups in total. The summed E-state index contributed by atoms with van der Waals surface area (Å²) in [5.74, 6) is 1.95. The zero-order chi connectivity index (χ0) is 11.8. The molecule has 0 spiro atoms. The molecule has 1 heteroatoms. The van der Waals surface area contributed by atoms with Crippen molar-refractivity contribution >= 4 is 0 Å². The second kappa shape index (κ2) is 7.89. The van der Waals surface area contributed by atoms with Crippen molar-refractivity contribution in [2.45, 2.75) is 65.3 Å². The van der Waals surface area contributed by atoms with Crippen LogP contribution < -0.4 is 5.32 Å². The van der Waals surface area contributed by atoms with Gasteiger partial charge in [0.1, 0.15) is 0 Å². The van der Waals surface area contributed by atoms with Crippen LogP contribution in [0.25, 0.3) is 0 Å². The van der Waals surface area contributed by atoms with Crippen LogP contribution in [0, 0.1) is 11.8 Å². The second-order valence-electron chi connectivity index (χ2n) is 5.60. The molecule has 0 aromatic heterocycles. The summed E-state index contributed by atoms with van der Waals surface area (Å²) in [7, 11) is 0. The van der Waals surface area contributed by atoms with Crippen LogP contribution in [-0.2, 0) is 0 Å². The number of hydrogen-bond acceptors (Lipinski definition) is 1. The van der Waals surface area contributed by atoms with E-state index < -0.39 is 0 Å². The number of rotatable bonds is 6. The predicted octanol–water partition coefficient (Wildman–Crippen LogP) is 4.15. The van der Waals surface area contributed by atoms with E-state index in [0.717, 1.165) is 11.8 Å². The molecular formula is C15H29N. The Labute approximate surface area is 102 Å². The van der Waals surface area contributed by atoms with Crippen LogP contribution in [0.1, 0.15) is 59.3 Å². The molecule has 0 radical (unpaired) electrons. The molecule has 0 unspecified atom stereocenters. The molecule has 0 bridgehead atoms. The highest BCUT2D eigenvalue weighted by Crippen LogP contribution is 2.31. The lowest BCUT2D eigenvalue weighted by atomic mass is 9.80. The SMILES string of the molecule is CC=CCCC1CCC(CNC(C)C)CC1. The molecule has 0 aliphatic heterocycles. The van der Waals surface area contributed by atoms with Gasteiger partial charge in [0.25, 0.3) is 0 Å². The van der Waals surface area contributed by atoms with Gasteiger partial charge in [0.15, 0.2) is 0 Å². The summed E-state index contributed by atoms with van der Waals surface area (Å²) < 4.78 is 0. The minimum absolute atomic E-state index is 0.646. The molecule has 1 aliphatic carbocycles. The molecule has 0 atom stereocenters. The molecule has 0 aromatic carbocycles. The second-order valence-corrected chi connectivity index (χ2v) is 5.60. The van der Waals surface area contributed by atoms with Crippen LogP contribution in [0.4, 0.5) is 0 Å².